The molecule has 0 bridgehead atoms. The maximum atomic E-state index is 13.3. The summed E-state index contributed by atoms with van der Waals surface area (Å²) < 4.78 is 62.2. The maximum Gasteiger partial charge on any atom is 0.410 e. The second-order valence-electron chi connectivity index (χ2n) is 11.2. The van der Waals surface area contributed by atoms with Crippen molar-refractivity contribution in [3.8, 4) is 0 Å². The average molecular weight is 569 g/mol. The van der Waals surface area contributed by atoms with Crippen LogP contribution in [-0.4, -0.2) is 114 Å². The van der Waals surface area contributed by atoms with E-state index in [0.717, 1.165) is 16.6 Å². The van der Waals surface area contributed by atoms with Crippen molar-refractivity contribution in [2.75, 3.05) is 52.4 Å². The fraction of sp³-hybridized carbons (Fsp3) is 0.667. The van der Waals surface area contributed by atoms with Gasteiger partial charge in [0.15, 0.2) is 0 Å². The highest BCUT2D eigenvalue weighted by Gasteiger charge is 2.48. The highest BCUT2D eigenvalue weighted by atomic mass is 32.2. The van der Waals surface area contributed by atoms with Gasteiger partial charge in [-0.05, 0) is 57.2 Å². The molecule has 1 N–H and O–H groups in total. The summed E-state index contributed by atoms with van der Waals surface area (Å²) >= 11 is 0. The number of carbonyl (C=O) groups is 1. The Labute approximate surface area is 224 Å². The van der Waals surface area contributed by atoms with Crippen molar-refractivity contribution in [2.24, 2.45) is 0 Å². The minimum Gasteiger partial charge on any atom is -0.444 e. The lowest BCUT2D eigenvalue weighted by atomic mass is 9.90. The third-order valence-corrected chi connectivity index (χ3v) is 11.7. The first-order chi connectivity index (χ1) is 17.9. The van der Waals surface area contributed by atoms with Crippen molar-refractivity contribution >= 4 is 37.4 Å². The molecule has 2 aromatic heterocycles. The number of aromatic amines is 1. The molecule has 2 aromatic rings. The second-order valence-corrected chi connectivity index (χ2v) is 15.3. The Kier molecular flexibility index (Phi) is 7.22. The lowest BCUT2D eigenvalue weighted by Gasteiger charge is -2.44. The molecule has 210 valence electrons. The molecular weight excluding hydrogens is 532 g/mol. The van der Waals surface area contributed by atoms with Gasteiger partial charge in [0.1, 0.15) is 16.5 Å². The number of pyridine rings is 1. The summed E-state index contributed by atoms with van der Waals surface area (Å²) in [6.45, 7) is 6.81. The van der Waals surface area contributed by atoms with Crippen LogP contribution in [-0.2, 0) is 25.0 Å². The molecule has 0 radical (unpaired) electrons. The van der Waals surface area contributed by atoms with Gasteiger partial charge in [-0.1, -0.05) is 0 Å². The van der Waals surface area contributed by atoms with Gasteiger partial charge in [-0.3, -0.25) is 0 Å². The van der Waals surface area contributed by atoms with Crippen LogP contribution in [0.15, 0.2) is 24.5 Å². The van der Waals surface area contributed by atoms with Crippen LogP contribution >= 0.6 is 0 Å². The largest absolute Gasteiger partial charge is 0.444 e. The highest BCUT2D eigenvalue weighted by molar-refractivity contribution is 7.90. The lowest BCUT2D eigenvalue weighted by molar-refractivity contribution is 0.0188. The van der Waals surface area contributed by atoms with Crippen molar-refractivity contribution in [3.63, 3.8) is 0 Å². The summed E-state index contributed by atoms with van der Waals surface area (Å²) in [6, 6.07) is 3.93. The van der Waals surface area contributed by atoms with Gasteiger partial charge in [-0.15, -0.1) is 0 Å². The first-order valence-electron chi connectivity index (χ1n) is 13.0. The minimum atomic E-state index is -3.80. The van der Waals surface area contributed by atoms with Gasteiger partial charge in [-0.25, -0.2) is 22.5 Å². The van der Waals surface area contributed by atoms with E-state index in [1.165, 1.54) is 17.8 Å². The molecule has 3 saturated heterocycles. The van der Waals surface area contributed by atoms with E-state index in [2.05, 4.69) is 9.97 Å². The number of fused-ring (bicyclic) bond motifs is 1. The van der Waals surface area contributed by atoms with Crippen LogP contribution in [0.25, 0.3) is 11.0 Å². The molecule has 0 aromatic carbocycles. The van der Waals surface area contributed by atoms with Crippen LogP contribution in [0.3, 0.4) is 0 Å². The second kappa shape index (κ2) is 10.0. The first-order valence-corrected chi connectivity index (χ1v) is 15.9. The van der Waals surface area contributed by atoms with Gasteiger partial charge < -0.3 is 14.6 Å². The predicted octanol–water partition coefficient (Wildman–Crippen LogP) is 1.55. The van der Waals surface area contributed by atoms with Gasteiger partial charge in [0.25, 0.3) is 10.2 Å². The number of ether oxygens (including phenoxy) is 1. The summed E-state index contributed by atoms with van der Waals surface area (Å²) in [5.41, 5.74) is 1.37. The molecule has 12 nitrogen and oxygen atoms in total. The number of hydrogen-bond donors (Lipinski definition) is 1. The molecule has 0 atom stereocenters. The molecule has 0 spiro atoms. The average Bonchev–Trinajstić information content (AvgIpc) is 3.26. The predicted molar refractivity (Wildman–Crippen MR) is 142 cm³/mol. The highest BCUT2D eigenvalue weighted by Crippen LogP contribution is 2.35. The molecule has 0 unspecified atom stereocenters. The topological polar surface area (TPSA) is 136 Å². The molecule has 0 saturated carbocycles. The number of nitrogens with one attached hydrogen (secondary N) is 1. The van der Waals surface area contributed by atoms with Crippen LogP contribution < -0.4 is 0 Å². The summed E-state index contributed by atoms with van der Waals surface area (Å²) in [6.07, 6.45) is 4.66. The third kappa shape index (κ3) is 5.28. The fourth-order valence-electron chi connectivity index (χ4n) is 5.32. The molecule has 3 aliphatic rings. The Morgan fingerprint density at radius 3 is 2.26 bits per heavy atom. The SMILES string of the molecule is CC(C)(C)OC(=O)N1CCN(S(=O)(=O)N2CC(S(=O)(=O)N3CCC(c4c[nH]c5ncccc45)CC3)C2)CC1. The number of sulfonamides is 1. The zero-order chi connectivity index (χ0) is 27.3. The van der Waals surface area contributed by atoms with Gasteiger partial charge in [0.05, 0.1) is 0 Å². The molecular formula is C24H36N6O6S2. The molecule has 3 aliphatic heterocycles. The van der Waals surface area contributed by atoms with E-state index >= 15 is 0 Å². The Hall–Kier alpha value is -2.26. The lowest BCUT2D eigenvalue weighted by Crippen LogP contribution is -2.64. The monoisotopic (exact) mass is 568 g/mol. The molecule has 3 fully saturated rings. The maximum absolute atomic E-state index is 13.3. The summed E-state index contributed by atoms with van der Waals surface area (Å²) in [5.74, 6) is 0.247. The summed E-state index contributed by atoms with van der Waals surface area (Å²) in [5, 5.41) is 0.328. The Balaban J connectivity index is 1.13. The Bertz CT molecular complexity index is 1380. The molecule has 5 heterocycles. The van der Waals surface area contributed by atoms with E-state index < -0.39 is 37.2 Å². The zero-order valence-corrected chi connectivity index (χ0v) is 23.7. The molecule has 14 heteroatoms. The van der Waals surface area contributed by atoms with Crippen LogP contribution in [0.5, 0.6) is 0 Å². The standard InChI is InChI=1S/C24H36N6O6S2/c1-24(2,3)36-23(31)27-11-13-29(14-12-27)38(34,35)30-16-19(17-30)37(32,33)28-9-6-18(7-10-28)21-15-26-22-20(21)5-4-8-25-22/h4-5,8,15,18-19H,6-7,9-14,16-17H2,1-3H3,(H,25,26). The van der Waals surface area contributed by atoms with Gasteiger partial charge in [-0.2, -0.15) is 17.0 Å². The minimum absolute atomic E-state index is 0.0506. The number of piperazine rings is 1. The number of nitrogens with zero attached hydrogens (tertiary/aromatic N) is 5. The van der Waals surface area contributed by atoms with Crippen LogP contribution in [0.1, 0.15) is 45.1 Å². The number of H-pyrrole nitrogens is 1. The van der Waals surface area contributed by atoms with Gasteiger partial charge in [0.2, 0.25) is 10.0 Å². The molecule has 5 rings (SSSR count). The number of carbonyl (C=O) groups excluding carboxylic acids is 1. The normalized spacial score (nSPS) is 22.0. The number of piperidine rings is 1. The summed E-state index contributed by atoms with van der Waals surface area (Å²) in [7, 11) is -7.40. The van der Waals surface area contributed by atoms with Crippen molar-refractivity contribution in [1.29, 1.82) is 0 Å². The van der Waals surface area contributed by atoms with Crippen molar-refractivity contribution in [1.82, 2.24) is 27.8 Å². The van der Waals surface area contributed by atoms with E-state index in [-0.39, 0.29) is 45.2 Å². The number of amides is 1. The fourth-order valence-corrected chi connectivity index (χ4v) is 9.07. The van der Waals surface area contributed by atoms with Crippen LogP contribution in [0.2, 0.25) is 0 Å². The number of aromatic nitrogens is 2. The molecule has 0 aliphatic carbocycles. The Morgan fingerprint density at radius 1 is 0.974 bits per heavy atom. The van der Waals surface area contributed by atoms with Crippen molar-refractivity contribution in [2.45, 2.75) is 50.4 Å². The van der Waals surface area contributed by atoms with Crippen molar-refractivity contribution in [3.05, 3.63) is 30.1 Å². The van der Waals surface area contributed by atoms with E-state index in [9.17, 15) is 21.6 Å². The van der Waals surface area contributed by atoms with Crippen LogP contribution in [0.4, 0.5) is 4.79 Å². The third-order valence-electron chi connectivity index (χ3n) is 7.52. The first kappa shape index (κ1) is 27.3. The molecule has 1 amide bonds. The smallest absolute Gasteiger partial charge is 0.410 e. The zero-order valence-electron chi connectivity index (χ0n) is 22.0. The van der Waals surface area contributed by atoms with Crippen LogP contribution in [0, 0.1) is 0 Å². The number of hydrogen-bond acceptors (Lipinski definition) is 7. The van der Waals surface area contributed by atoms with E-state index in [1.807, 2.05) is 18.3 Å². The quantitative estimate of drug-likeness (QED) is 0.578. The van der Waals surface area contributed by atoms with Gasteiger partial charge in [0, 0.05) is 70.1 Å². The van der Waals surface area contributed by atoms with E-state index in [0.29, 0.717) is 25.9 Å². The summed E-state index contributed by atoms with van der Waals surface area (Å²) in [4.78, 5) is 21.3. The molecule has 38 heavy (non-hydrogen) atoms. The van der Waals surface area contributed by atoms with Crippen molar-refractivity contribution < 1.29 is 26.4 Å². The van der Waals surface area contributed by atoms with E-state index in [1.54, 1.807) is 27.0 Å². The Morgan fingerprint density at radius 2 is 1.63 bits per heavy atom. The number of rotatable bonds is 5. The van der Waals surface area contributed by atoms with E-state index in [4.69, 9.17) is 4.74 Å². The van der Waals surface area contributed by atoms with Gasteiger partial charge >= 0.3 is 6.09 Å².